The van der Waals surface area contributed by atoms with Crippen molar-refractivity contribution in [2.75, 3.05) is 4.90 Å². The third-order valence-corrected chi connectivity index (χ3v) is 5.65. The van der Waals surface area contributed by atoms with Crippen LogP contribution in [0.3, 0.4) is 0 Å². The van der Waals surface area contributed by atoms with Crippen molar-refractivity contribution in [2.45, 2.75) is 74.3 Å². The monoisotopic (exact) mass is 455 g/mol. The van der Waals surface area contributed by atoms with E-state index in [0.717, 1.165) is 18.7 Å². The van der Waals surface area contributed by atoms with Crippen molar-refractivity contribution in [3.8, 4) is 0 Å². The highest BCUT2D eigenvalue weighted by Gasteiger charge is 2.14. The number of anilines is 1. The molecule has 3 aromatic rings. The van der Waals surface area contributed by atoms with E-state index in [1.165, 1.54) is 51.9 Å². The topological polar surface area (TPSA) is 3.24 Å². The van der Waals surface area contributed by atoms with Crippen LogP contribution in [0.4, 0.5) is 5.69 Å². The molecule has 0 saturated heterocycles. The maximum atomic E-state index is 4.24. The molecule has 0 aliphatic heterocycles. The van der Waals surface area contributed by atoms with Gasteiger partial charge in [0, 0.05) is 17.9 Å². The number of hydrogen-bond donors (Lipinski definition) is 0. The Balaban J connectivity index is 0.000000540. The number of allylic oxidation sites excluding steroid dienone is 1. The molecule has 0 fully saturated rings. The number of nitrogens with zero attached hydrogens (tertiary/aromatic N) is 1. The molecule has 0 bridgehead atoms. The van der Waals surface area contributed by atoms with Gasteiger partial charge < -0.3 is 4.90 Å². The van der Waals surface area contributed by atoms with E-state index in [0.29, 0.717) is 0 Å². The van der Waals surface area contributed by atoms with Crippen LogP contribution in [-0.2, 0) is 13.0 Å². The molecule has 3 rings (SSSR count). The SMILES string of the molecule is C=Cc1ccc(CCCC)c(CN(C(=C)C)c2cc(C)ccc2C)c1.CC.Cc1ccccc1. The predicted octanol–water partition coefficient (Wildman–Crippen LogP) is 9.85. The summed E-state index contributed by atoms with van der Waals surface area (Å²) < 4.78 is 0. The molecule has 1 heteroatoms. The highest BCUT2D eigenvalue weighted by Crippen LogP contribution is 2.28. The summed E-state index contributed by atoms with van der Waals surface area (Å²) in [5, 5.41) is 0. The fraction of sp³-hybridized carbons (Fsp3) is 0.333. The van der Waals surface area contributed by atoms with Gasteiger partial charge in [-0.15, -0.1) is 0 Å². The zero-order valence-electron chi connectivity index (χ0n) is 22.6. The zero-order valence-corrected chi connectivity index (χ0v) is 22.6. The lowest BCUT2D eigenvalue weighted by Crippen LogP contribution is -2.21. The number of unbranched alkanes of at least 4 members (excludes halogenated alkanes) is 1. The summed E-state index contributed by atoms with van der Waals surface area (Å²) in [6.07, 6.45) is 5.48. The molecule has 1 nitrogen and oxygen atoms in total. The van der Waals surface area contributed by atoms with Gasteiger partial charge in [-0.2, -0.15) is 0 Å². The summed E-state index contributed by atoms with van der Waals surface area (Å²) in [6, 6.07) is 23.6. The molecule has 3 aromatic carbocycles. The molecule has 0 radical (unpaired) electrons. The summed E-state index contributed by atoms with van der Waals surface area (Å²) in [5.74, 6) is 0. The third kappa shape index (κ3) is 9.43. The van der Waals surface area contributed by atoms with Crippen molar-refractivity contribution in [1.29, 1.82) is 0 Å². The molecular weight excluding hydrogens is 410 g/mol. The van der Waals surface area contributed by atoms with Crippen LogP contribution in [0.1, 0.15) is 73.9 Å². The fourth-order valence-electron chi connectivity index (χ4n) is 3.67. The first-order chi connectivity index (χ1) is 16.3. The van der Waals surface area contributed by atoms with Crippen LogP contribution in [0, 0.1) is 20.8 Å². The molecule has 0 atom stereocenters. The number of benzene rings is 3. The second kappa shape index (κ2) is 15.7. The molecule has 0 heterocycles. The Kier molecular flexibility index (Phi) is 13.4. The number of hydrogen-bond acceptors (Lipinski definition) is 1. The molecule has 0 unspecified atom stereocenters. The second-order valence-electron chi connectivity index (χ2n) is 8.60. The maximum absolute atomic E-state index is 4.24. The second-order valence-corrected chi connectivity index (χ2v) is 8.60. The Morgan fingerprint density at radius 1 is 0.853 bits per heavy atom. The molecule has 34 heavy (non-hydrogen) atoms. The number of rotatable bonds is 8. The minimum Gasteiger partial charge on any atom is -0.341 e. The molecular formula is C33H45N. The Labute approximate surface area is 209 Å². The Morgan fingerprint density at radius 2 is 1.53 bits per heavy atom. The van der Waals surface area contributed by atoms with Crippen LogP contribution >= 0.6 is 0 Å². The first-order valence-corrected chi connectivity index (χ1v) is 12.6. The van der Waals surface area contributed by atoms with Crippen LogP contribution in [0.5, 0.6) is 0 Å². The molecule has 182 valence electrons. The average Bonchev–Trinajstić information content (AvgIpc) is 2.85. The number of aryl methyl sites for hydroxylation is 4. The van der Waals surface area contributed by atoms with Gasteiger partial charge in [-0.3, -0.25) is 0 Å². The quantitative estimate of drug-likeness (QED) is 0.326. The van der Waals surface area contributed by atoms with Gasteiger partial charge in [-0.1, -0.05) is 107 Å². The fourth-order valence-corrected chi connectivity index (χ4v) is 3.67. The van der Waals surface area contributed by atoms with E-state index in [2.05, 4.69) is 101 Å². The maximum Gasteiger partial charge on any atom is 0.0481 e. The van der Waals surface area contributed by atoms with Crippen molar-refractivity contribution in [1.82, 2.24) is 0 Å². The minimum atomic E-state index is 0.848. The average molecular weight is 456 g/mol. The van der Waals surface area contributed by atoms with Gasteiger partial charge in [0.05, 0.1) is 0 Å². The molecule has 0 amide bonds. The Morgan fingerprint density at radius 3 is 2.06 bits per heavy atom. The van der Waals surface area contributed by atoms with Gasteiger partial charge in [-0.25, -0.2) is 0 Å². The van der Waals surface area contributed by atoms with Gasteiger partial charge >= 0.3 is 0 Å². The summed E-state index contributed by atoms with van der Waals surface area (Å²) in [4.78, 5) is 2.33. The first-order valence-electron chi connectivity index (χ1n) is 12.6. The van der Waals surface area contributed by atoms with Gasteiger partial charge in [-0.05, 0) is 80.5 Å². The smallest absolute Gasteiger partial charge is 0.0481 e. The van der Waals surface area contributed by atoms with E-state index in [1.54, 1.807) is 0 Å². The summed E-state index contributed by atoms with van der Waals surface area (Å²) in [6.45, 7) is 23.7. The van der Waals surface area contributed by atoms with Gasteiger partial charge in [0.2, 0.25) is 0 Å². The predicted molar refractivity (Wildman–Crippen MR) is 155 cm³/mol. The van der Waals surface area contributed by atoms with E-state index >= 15 is 0 Å². The van der Waals surface area contributed by atoms with Gasteiger partial charge in [0.25, 0.3) is 0 Å². The summed E-state index contributed by atoms with van der Waals surface area (Å²) in [7, 11) is 0. The largest absolute Gasteiger partial charge is 0.341 e. The van der Waals surface area contributed by atoms with Crippen LogP contribution in [-0.4, -0.2) is 0 Å². The standard InChI is InChI=1S/C24H31N.C7H8.C2H6/c1-7-9-10-22-14-13-21(8-2)16-23(22)17-25(18(3)4)24-15-19(5)11-12-20(24)6;1-7-5-3-2-4-6-7;1-2/h8,11-16H,2-3,7,9-10,17H2,1,4-6H3;2-6H,1H3;1-2H3. The van der Waals surface area contributed by atoms with Crippen molar-refractivity contribution in [3.05, 3.63) is 119 Å². The molecule has 0 N–H and O–H groups in total. The Bertz CT molecular complexity index is 1010. The molecule has 0 aromatic heterocycles. The van der Waals surface area contributed by atoms with Crippen molar-refractivity contribution >= 4 is 11.8 Å². The third-order valence-electron chi connectivity index (χ3n) is 5.65. The molecule has 0 aliphatic rings. The van der Waals surface area contributed by atoms with Crippen molar-refractivity contribution in [2.24, 2.45) is 0 Å². The first kappa shape index (κ1) is 29.0. The van der Waals surface area contributed by atoms with E-state index < -0.39 is 0 Å². The lowest BCUT2D eigenvalue weighted by Gasteiger charge is -2.28. The van der Waals surface area contributed by atoms with E-state index in [4.69, 9.17) is 0 Å². The lowest BCUT2D eigenvalue weighted by molar-refractivity contribution is 0.780. The van der Waals surface area contributed by atoms with Gasteiger partial charge in [0.1, 0.15) is 0 Å². The van der Waals surface area contributed by atoms with E-state index in [1.807, 2.05) is 38.1 Å². The van der Waals surface area contributed by atoms with Crippen LogP contribution in [0.25, 0.3) is 6.08 Å². The van der Waals surface area contributed by atoms with Crippen LogP contribution in [0.15, 0.2) is 85.6 Å². The zero-order chi connectivity index (χ0) is 25.5. The van der Waals surface area contributed by atoms with Gasteiger partial charge in [0.15, 0.2) is 0 Å². The summed E-state index contributed by atoms with van der Waals surface area (Å²) in [5.41, 5.74) is 10.2. The minimum absolute atomic E-state index is 0.848. The normalized spacial score (nSPS) is 9.74. The van der Waals surface area contributed by atoms with Crippen LogP contribution in [0.2, 0.25) is 0 Å². The molecule has 0 saturated carbocycles. The van der Waals surface area contributed by atoms with Crippen molar-refractivity contribution < 1.29 is 0 Å². The van der Waals surface area contributed by atoms with E-state index in [9.17, 15) is 0 Å². The summed E-state index contributed by atoms with van der Waals surface area (Å²) >= 11 is 0. The van der Waals surface area contributed by atoms with Crippen molar-refractivity contribution in [3.63, 3.8) is 0 Å². The highest BCUT2D eigenvalue weighted by molar-refractivity contribution is 5.59. The molecule has 0 aliphatic carbocycles. The Hall–Kier alpha value is -3.06. The molecule has 0 spiro atoms. The highest BCUT2D eigenvalue weighted by atomic mass is 15.1. The lowest BCUT2D eigenvalue weighted by atomic mass is 9.98. The van der Waals surface area contributed by atoms with E-state index in [-0.39, 0.29) is 0 Å². The van der Waals surface area contributed by atoms with Crippen LogP contribution < -0.4 is 4.90 Å².